The summed E-state index contributed by atoms with van der Waals surface area (Å²) in [6.45, 7) is 14.6. The Bertz CT molecular complexity index is 1470. The second-order valence-corrected chi connectivity index (χ2v) is 14.8. The zero-order chi connectivity index (χ0) is 28.7. The molecule has 0 N–H and O–H groups in total. The lowest BCUT2D eigenvalue weighted by Gasteiger charge is -2.32. The second kappa shape index (κ2) is 11.5. The summed E-state index contributed by atoms with van der Waals surface area (Å²) in [7, 11) is 0.874. The molecule has 1 heteroatoms. The van der Waals surface area contributed by atoms with Gasteiger partial charge in [0, 0.05) is 21.4 Å². The molecule has 4 aromatic carbocycles. The highest BCUT2D eigenvalue weighted by molar-refractivity contribution is 6.40. The number of allylic oxidation sites excluding steroid dienone is 2. The molecule has 0 bridgehead atoms. The lowest BCUT2D eigenvalue weighted by atomic mass is 9.86. The first-order valence-corrected chi connectivity index (χ1v) is 16.6. The van der Waals surface area contributed by atoms with Crippen LogP contribution in [0.2, 0.25) is 11.1 Å². The molecule has 0 fully saturated rings. The van der Waals surface area contributed by atoms with E-state index in [2.05, 4.69) is 151 Å². The van der Waals surface area contributed by atoms with Gasteiger partial charge in [-0.25, -0.2) is 0 Å². The van der Waals surface area contributed by atoms with Gasteiger partial charge < -0.3 is 0 Å². The van der Waals surface area contributed by atoms with Gasteiger partial charge in [0.25, 0.3) is 0 Å². The molecule has 0 spiro atoms. The number of hydrogen-bond acceptors (Lipinski definition) is 0. The van der Waals surface area contributed by atoms with Gasteiger partial charge in [0.05, 0.1) is 0 Å². The number of fused-ring (bicyclic) bond motifs is 2. The van der Waals surface area contributed by atoms with Crippen LogP contribution in [0.5, 0.6) is 0 Å². The minimum absolute atomic E-state index is 0.484. The largest absolute Gasteiger partial charge is 0.0644 e. The third-order valence-electron chi connectivity index (χ3n) is 9.32. The third-order valence-corrected chi connectivity index (χ3v) is 11.0. The van der Waals surface area contributed by atoms with E-state index in [4.69, 9.17) is 0 Å². The van der Waals surface area contributed by atoms with Crippen LogP contribution in [0.1, 0.15) is 75.6 Å². The van der Waals surface area contributed by atoms with Crippen molar-refractivity contribution in [1.29, 1.82) is 0 Å². The Labute approximate surface area is 250 Å². The molecule has 0 aromatic heterocycles. The maximum atomic E-state index is 2.54. The fourth-order valence-corrected chi connectivity index (χ4v) is 9.37. The highest BCUT2D eigenvalue weighted by atomic mass is 28.2. The third kappa shape index (κ3) is 5.10. The lowest BCUT2D eigenvalue weighted by molar-refractivity contribution is 0.620. The standard InChI is InChI=1S/C40H42Si/c1-25(2)35-23-37-31(29-15-9-7-10-16-29)19-13-21-33(37)39(35)27(5)41-28(6)40-34-22-14-20-32(30-17-11-8-12-18-30)38(34)24-36(40)26(3)4/h7-28,39-40H,1-6H3. The van der Waals surface area contributed by atoms with Crippen molar-refractivity contribution in [3.8, 4) is 22.3 Å². The maximum absolute atomic E-state index is 2.54. The van der Waals surface area contributed by atoms with Crippen LogP contribution in [-0.2, 0) is 0 Å². The van der Waals surface area contributed by atoms with E-state index in [0.717, 1.165) is 9.52 Å². The van der Waals surface area contributed by atoms with E-state index in [-0.39, 0.29) is 0 Å². The zero-order valence-corrected chi connectivity index (χ0v) is 26.4. The summed E-state index contributed by atoms with van der Waals surface area (Å²) in [6, 6.07) is 35.8. The van der Waals surface area contributed by atoms with Crippen LogP contribution in [0.4, 0.5) is 0 Å². The maximum Gasteiger partial charge on any atom is 0.0462 e. The molecule has 2 radical (unpaired) electrons. The van der Waals surface area contributed by atoms with Crippen molar-refractivity contribution in [2.24, 2.45) is 11.8 Å². The summed E-state index contributed by atoms with van der Waals surface area (Å²) in [5.41, 5.74) is 15.7. The van der Waals surface area contributed by atoms with Crippen molar-refractivity contribution in [2.75, 3.05) is 0 Å². The van der Waals surface area contributed by atoms with Crippen molar-refractivity contribution < 1.29 is 0 Å². The average molecular weight is 551 g/mol. The molecule has 0 saturated heterocycles. The molecule has 0 amide bonds. The molecule has 2 aliphatic carbocycles. The van der Waals surface area contributed by atoms with Gasteiger partial charge in [0.2, 0.25) is 0 Å². The first-order valence-electron chi connectivity index (χ1n) is 15.4. The smallest absolute Gasteiger partial charge is 0.0462 e. The molecule has 41 heavy (non-hydrogen) atoms. The van der Waals surface area contributed by atoms with Gasteiger partial charge in [0.15, 0.2) is 0 Å². The van der Waals surface area contributed by atoms with Crippen LogP contribution >= 0.6 is 0 Å². The van der Waals surface area contributed by atoms with Crippen LogP contribution in [0.15, 0.2) is 108 Å². The summed E-state index contributed by atoms with van der Waals surface area (Å²) in [5.74, 6) is 2.03. The monoisotopic (exact) mass is 550 g/mol. The van der Waals surface area contributed by atoms with Gasteiger partial charge >= 0.3 is 0 Å². The lowest BCUT2D eigenvalue weighted by Crippen LogP contribution is -2.21. The van der Waals surface area contributed by atoms with E-state index < -0.39 is 0 Å². The van der Waals surface area contributed by atoms with Crippen molar-refractivity contribution in [3.05, 3.63) is 130 Å². The van der Waals surface area contributed by atoms with Crippen LogP contribution in [0, 0.1) is 11.8 Å². The fraction of sp³-hybridized carbons (Fsp3) is 0.300. The Morgan fingerprint density at radius 1 is 0.463 bits per heavy atom. The van der Waals surface area contributed by atoms with Gasteiger partial charge in [-0.3, -0.25) is 0 Å². The van der Waals surface area contributed by atoms with Crippen molar-refractivity contribution in [2.45, 2.75) is 64.5 Å². The van der Waals surface area contributed by atoms with Gasteiger partial charge in [-0.2, -0.15) is 0 Å². The molecule has 0 heterocycles. The van der Waals surface area contributed by atoms with Crippen LogP contribution < -0.4 is 0 Å². The Kier molecular flexibility index (Phi) is 7.75. The van der Waals surface area contributed by atoms with Gasteiger partial charge in [0.1, 0.15) is 0 Å². The van der Waals surface area contributed by atoms with Crippen LogP contribution in [0.25, 0.3) is 34.4 Å². The van der Waals surface area contributed by atoms with E-state index in [1.165, 1.54) is 44.5 Å². The van der Waals surface area contributed by atoms with Crippen molar-refractivity contribution >= 4 is 21.7 Å². The Morgan fingerprint density at radius 3 is 1.22 bits per heavy atom. The Hall–Kier alpha value is -3.42. The normalized spacial score (nSPS) is 19.1. The SMILES string of the molecule is CC(C)C1=Cc2c(-c3ccccc3)cccc2C1C(C)[Si]C(C)C1C(C(C)C)=Cc2c(-c3ccccc3)cccc21. The first-order chi connectivity index (χ1) is 19.8. The molecule has 0 saturated carbocycles. The average Bonchev–Trinajstić information content (AvgIpc) is 3.58. The highest BCUT2D eigenvalue weighted by Crippen LogP contribution is 2.53. The zero-order valence-electron chi connectivity index (χ0n) is 25.4. The van der Waals surface area contributed by atoms with Crippen LogP contribution in [0.3, 0.4) is 0 Å². The molecule has 4 aromatic rings. The van der Waals surface area contributed by atoms with Gasteiger partial charge in [-0.1, -0.05) is 162 Å². The predicted octanol–water partition coefficient (Wildman–Crippen LogP) is 11.3. The van der Waals surface area contributed by atoms with E-state index in [1.807, 2.05) is 0 Å². The minimum Gasteiger partial charge on any atom is -0.0644 e. The van der Waals surface area contributed by atoms with Crippen LogP contribution in [-0.4, -0.2) is 9.52 Å². The second-order valence-electron chi connectivity index (χ2n) is 12.6. The van der Waals surface area contributed by atoms with Gasteiger partial charge in [-0.05, 0) is 67.4 Å². The summed E-state index contributed by atoms with van der Waals surface area (Å²) < 4.78 is 0. The van der Waals surface area contributed by atoms with E-state index >= 15 is 0 Å². The van der Waals surface area contributed by atoms with E-state index in [1.54, 1.807) is 11.1 Å². The highest BCUT2D eigenvalue weighted by Gasteiger charge is 2.37. The molecule has 2 aliphatic rings. The molecular formula is C40H42Si. The first kappa shape index (κ1) is 27.7. The van der Waals surface area contributed by atoms with Crippen molar-refractivity contribution in [3.63, 3.8) is 0 Å². The summed E-state index contributed by atoms with van der Waals surface area (Å²) in [4.78, 5) is 0. The quantitative estimate of drug-likeness (QED) is 0.191. The summed E-state index contributed by atoms with van der Waals surface area (Å²) in [6.07, 6.45) is 5.07. The van der Waals surface area contributed by atoms with E-state index in [9.17, 15) is 0 Å². The van der Waals surface area contributed by atoms with Crippen molar-refractivity contribution in [1.82, 2.24) is 0 Å². The van der Waals surface area contributed by atoms with Gasteiger partial charge in [-0.15, -0.1) is 0 Å². The minimum atomic E-state index is 0.484. The Morgan fingerprint density at radius 2 is 0.854 bits per heavy atom. The molecule has 6 rings (SSSR count). The summed E-state index contributed by atoms with van der Waals surface area (Å²) in [5, 5.41) is 0. The van der Waals surface area contributed by atoms with E-state index in [0.29, 0.717) is 34.8 Å². The molecule has 0 aliphatic heterocycles. The number of rotatable bonds is 8. The molecule has 4 unspecified atom stereocenters. The molecule has 4 atom stereocenters. The fourth-order valence-electron chi connectivity index (χ4n) is 7.42. The molecule has 0 nitrogen and oxygen atoms in total. The predicted molar refractivity (Wildman–Crippen MR) is 179 cm³/mol. The summed E-state index contributed by atoms with van der Waals surface area (Å²) >= 11 is 0. The topological polar surface area (TPSA) is 0 Å². The Balaban J connectivity index is 1.34. The molecule has 206 valence electrons. The number of hydrogen-bond donors (Lipinski definition) is 0. The molecular weight excluding hydrogens is 509 g/mol. The number of benzene rings is 4.